The van der Waals surface area contributed by atoms with Crippen LogP contribution < -0.4 is 9.47 Å². The van der Waals surface area contributed by atoms with Crippen molar-refractivity contribution in [2.24, 2.45) is 0 Å². The van der Waals surface area contributed by atoms with Gasteiger partial charge >= 0.3 is 18.9 Å². The first kappa shape index (κ1) is 15.5. The fourth-order valence-corrected chi connectivity index (χ4v) is 1.96. The fraction of sp³-hybridized carbons (Fsp3) is 0.364. The summed E-state index contributed by atoms with van der Waals surface area (Å²) in [7, 11) is 3.45. The molecule has 1 unspecified atom stereocenters. The Bertz CT molecular complexity index is 355. The van der Waals surface area contributed by atoms with Gasteiger partial charge in [0.2, 0.25) is 0 Å². The number of carbonyl (C=O) groups is 1. The normalized spacial score (nSPS) is 9.94. The van der Waals surface area contributed by atoms with Gasteiger partial charge in [-0.25, -0.2) is 0 Å². The monoisotopic (exact) mass is 234 g/mol. The average molecular weight is 234 g/mol. The minimum atomic E-state index is 0. The molecule has 0 aromatic heterocycles. The molecule has 0 N–H and O–H groups in total. The molecule has 1 aromatic carbocycles. The van der Waals surface area contributed by atoms with Gasteiger partial charge in [0.05, 0.1) is 19.8 Å². The first-order chi connectivity index (χ1) is 7.22. The summed E-state index contributed by atoms with van der Waals surface area (Å²) in [4.78, 5) is 11.7. The van der Waals surface area contributed by atoms with Gasteiger partial charge in [-0.05, 0) is 26.9 Å². The van der Waals surface area contributed by atoms with Gasteiger partial charge < -0.3 is 9.47 Å². The Labute approximate surface area is 110 Å². The first-order valence-electron chi connectivity index (χ1n) is 4.73. The second-order valence-electron chi connectivity index (χ2n) is 2.93. The molecular weight excluding hydrogens is 218 g/mol. The van der Waals surface area contributed by atoms with Gasteiger partial charge in [-0.3, -0.25) is 4.79 Å². The van der Waals surface area contributed by atoms with Gasteiger partial charge in [-0.15, -0.1) is 0 Å². The number of methoxy groups -OCH3 is 2. The van der Waals surface area contributed by atoms with Gasteiger partial charge in [-0.1, -0.05) is 6.92 Å². The summed E-state index contributed by atoms with van der Waals surface area (Å²) in [6, 6.07) is 5.26. The molecule has 5 heteroatoms. The number of hydrogen-bond acceptors (Lipinski definition) is 3. The maximum absolute atomic E-state index is 11.7. The van der Waals surface area contributed by atoms with Gasteiger partial charge in [0, 0.05) is 6.07 Å². The number of hydrogen-bond donors (Lipinski definition) is 0. The summed E-state index contributed by atoms with van der Waals surface area (Å²) in [5.74, 6) is 1.28. The molecular formula is C11H16LiO3P. The molecule has 1 rings (SSSR count). The van der Waals surface area contributed by atoms with Crippen LogP contribution in [0, 0.1) is 0 Å². The summed E-state index contributed by atoms with van der Waals surface area (Å²) in [5, 5.41) is 0. The molecule has 0 saturated heterocycles. The van der Waals surface area contributed by atoms with Crippen LogP contribution in [0.2, 0.25) is 0 Å². The third-order valence-electron chi connectivity index (χ3n) is 1.99. The molecule has 0 aliphatic carbocycles. The number of rotatable bonds is 5. The third-order valence-corrected chi connectivity index (χ3v) is 2.93. The van der Waals surface area contributed by atoms with E-state index in [1.54, 1.807) is 32.4 Å². The van der Waals surface area contributed by atoms with E-state index in [9.17, 15) is 4.79 Å². The standard InChI is InChI=1S/C11H15O3P.Li.H/c1-4-15-11(12)9-6-5-8(13-2)7-10(9)14-3;;/h5-7,15H,4H2,1-3H3;;. The van der Waals surface area contributed by atoms with Crippen LogP contribution >= 0.6 is 8.58 Å². The van der Waals surface area contributed by atoms with Crippen molar-refractivity contribution in [3.8, 4) is 11.5 Å². The second kappa shape index (κ2) is 7.74. The van der Waals surface area contributed by atoms with Crippen molar-refractivity contribution < 1.29 is 14.3 Å². The molecule has 1 aromatic rings. The van der Waals surface area contributed by atoms with Gasteiger partial charge in [0.25, 0.3) is 0 Å². The van der Waals surface area contributed by atoms with E-state index in [2.05, 4.69) is 0 Å². The summed E-state index contributed by atoms with van der Waals surface area (Å²) in [6.07, 6.45) is 0.869. The van der Waals surface area contributed by atoms with Crippen molar-refractivity contribution in [2.45, 2.75) is 6.92 Å². The van der Waals surface area contributed by atoms with E-state index >= 15 is 0 Å². The average Bonchev–Trinajstić information content (AvgIpc) is 2.28. The summed E-state index contributed by atoms with van der Waals surface area (Å²) in [6.45, 7) is 1.99. The first-order valence-corrected chi connectivity index (χ1v) is 5.93. The van der Waals surface area contributed by atoms with Crippen LogP contribution in [0.25, 0.3) is 0 Å². The van der Waals surface area contributed by atoms with Crippen molar-refractivity contribution in [2.75, 3.05) is 20.4 Å². The van der Waals surface area contributed by atoms with E-state index in [0.717, 1.165) is 6.16 Å². The van der Waals surface area contributed by atoms with Crippen molar-refractivity contribution in [3.05, 3.63) is 23.8 Å². The SMILES string of the molecule is CCPC(=O)c1ccc(OC)cc1OC.[LiH]. The molecule has 0 radical (unpaired) electrons. The fourth-order valence-electron chi connectivity index (χ4n) is 1.24. The van der Waals surface area contributed by atoms with Gasteiger partial charge in [0.15, 0.2) is 5.52 Å². The van der Waals surface area contributed by atoms with Crippen LogP contribution in [0.5, 0.6) is 11.5 Å². The maximum atomic E-state index is 11.7. The molecule has 0 heterocycles. The van der Waals surface area contributed by atoms with Crippen LogP contribution in [0.3, 0.4) is 0 Å². The zero-order valence-electron chi connectivity index (χ0n) is 9.16. The molecule has 0 fully saturated rings. The van der Waals surface area contributed by atoms with E-state index in [-0.39, 0.29) is 24.4 Å². The van der Waals surface area contributed by atoms with Crippen molar-refractivity contribution in [1.82, 2.24) is 0 Å². The third kappa shape index (κ3) is 3.83. The molecule has 0 spiro atoms. The molecule has 0 aliphatic heterocycles. The van der Waals surface area contributed by atoms with E-state index in [1.807, 2.05) is 6.92 Å². The predicted molar refractivity (Wildman–Crippen MR) is 69.9 cm³/mol. The van der Waals surface area contributed by atoms with Crippen LogP contribution in [0.1, 0.15) is 17.3 Å². The Hall–Kier alpha value is -0.483. The molecule has 84 valence electrons. The minimum absolute atomic E-state index is 0. The van der Waals surface area contributed by atoms with E-state index in [0.29, 0.717) is 25.6 Å². The van der Waals surface area contributed by atoms with Crippen molar-refractivity contribution >= 4 is 33.0 Å². The summed E-state index contributed by atoms with van der Waals surface area (Å²) < 4.78 is 10.2. The van der Waals surface area contributed by atoms with E-state index in [1.165, 1.54) is 0 Å². The Morgan fingerprint density at radius 2 is 2.00 bits per heavy atom. The van der Waals surface area contributed by atoms with Crippen molar-refractivity contribution in [1.29, 1.82) is 0 Å². The van der Waals surface area contributed by atoms with Crippen LogP contribution in [-0.4, -0.2) is 44.8 Å². The number of carbonyl (C=O) groups excluding carboxylic acids is 1. The molecule has 0 bridgehead atoms. The quantitative estimate of drug-likeness (QED) is 0.576. The molecule has 1 atom stereocenters. The summed E-state index contributed by atoms with van der Waals surface area (Å²) >= 11 is 0. The topological polar surface area (TPSA) is 35.5 Å². The number of benzene rings is 1. The zero-order valence-corrected chi connectivity index (χ0v) is 10.2. The molecule has 16 heavy (non-hydrogen) atoms. The van der Waals surface area contributed by atoms with E-state index in [4.69, 9.17) is 9.47 Å². The molecule has 3 nitrogen and oxygen atoms in total. The Morgan fingerprint density at radius 3 is 2.50 bits per heavy atom. The number of ether oxygens (including phenoxy) is 2. The Balaban J connectivity index is 0.00000225. The van der Waals surface area contributed by atoms with Crippen LogP contribution in [-0.2, 0) is 0 Å². The van der Waals surface area contributed by atoms with Crippen LogP contribution in [0.4, 0.5) is 0 Å². The van der Waals surface area contributed by atoms with Gasteiger partial charge in [-0.2, -0.15) is 0 Å². The van der Waals surface area contributed by atoms with E-state index < -0.39 is 0 Å². The summed E-state index contributed by atoms with van der Waals surface area (Å²) in [5.41, 5.74) is 0.774. The predicted octanol–water partition coefficient (Wildman–Crippen LogP) is 1.89. The van der Waals surface area contributed by atoms with Crippen LogP contribution in [0.15, 0.2) is 18.2 Å². The molecule has 0 amide bonds. The second-order valence-corrected chi connectivity index (χ2v) is 4.44. The molecule has 0 aliphatic rings. The Kier molecular flexibility index (Phi) is 7.50. The van der Waals surface area contributed by atoms with Crippen molar-refractivity contribution in [3.63, 3.8) is 0 Å². The zero-order chi connectivity index (χ0) is 11.3. The van der Waals surface area contributed by atoms with Gasteiger partial charge in [0.1, 0.15) is 11.5 Å². The molecule has 0 saturated carbocycles. The Morgan fingerprint density at radius 1 is 1.31 bits per heavy atom.